The van der Waals surface area contributed by atoms with Gasteiger partial charge in [0.2, 0.25) is 0 Å². The fraction of sp³-hybridized carbons (Fsp3) is 0.438. The van der Waals surface area contributed by atoms with Crippen LogP contribution in [0.2, 0.25) is 0 Å². The zero-order chi connectivity index (χ0) is 14.2. The number of aromatic nitrogens is 1. The normalized spacial score (nSPS) is 12.5. The highest BCUT2D eigenvalue weighted by molar-refractivity contribution is 7.09. The molecule has 1 atom stereocenters. The smallest absolute Gasteiger partial charge is 0.0897 e. The highest BCUT2D eigenvalue weighted by Crippen LogP contribution is 2.16. The summed E-state index contributed by atoms with van der Waals surface area (Å²) in [6, 6.07) is 10.6. The molecule has 0 spiro atoms. The third-order valence-electron chi connectivity index (χ3n) is 3.29. The van der Waals surface area contributed by atoms with Gasteiger partial charge in [0.05, 0.1) is 10.7 Å². The lowest BCUT2D eigenvalue weighted by Gasteiger charge is -2.18. The molecule has 1 aromatic heterocycles. The van der Waals surface area contributed by atoms with Crippen LogP contribution in [0.1, 0.15) is 35.1 Å². The number of hydrogen-bond donors (Lipinski definition) is 2. The summed E-state index contributed by atoms with van der Waals surface area (Å²) in [5, 5.41) is 16.0. The van der Waals surface area contributed by atoms with Gasteiger partial charge in [-0.2, -0.15) is 0 Å². The van der Waals surface area contributed by atoms with Gasteiger partial charge in [0.1, 0.15) is 0 Å². The van der Waals surface area contributed by atoms with E-state index in [4.69, 9.17) is 0 Å². The molecule has 0 aliphatic heterocycles. The van der Waals surface area contributed by atoms with E-state index in [1.807, 2.05) is 25.1 Å². The first kappa shape index (κ1) is 15.2. The van der Waals surface area contributed by atoms with Gasteiger partial charge >= 0.3 is 0 Å². The van der Waals surface area contributed by atoms with E-state index in [2.05, 4.69) is 27.8 Å². The standard InChI is InChI=1S/C16H22N2OS/c1-13-18-15(12-20-13)8-5-10-17-16(9-11-19)14-6-3-2-4-7-14/h2-4,6-7,12,16-17,19H,5,8-11H2,1H3. The van der Waals surface area contributed by atoms with Crippen LogP contribution in [0.15, 0.2) is 35.7 Å². The first-order valence-electron chi connectivity index (χ1n) is 7.10. The zero-order valence-electron chi connectivity index (χ0n) is 11.9. The molecule has 0 amide bonds. The quantitative estimate of drug-likeness (QED) is 0.734. The van der Waals surface area contributed by atoms with Gasteiger partial charge in [-0.1, -0.05) is 30.3 Å². The Balaban J connectivity index is 1.78. The summed E-state index contributed by atoms with van der Waals surface area (Å²) in [6.07, 6.45) is 2.83. The van der Waals surface area contributed by atoms with Crippen LogP contribution in [0, 0.1) is 6.92 Å². The molecule has 20 heavy (non-hydrogen) atoms. The third kappa shape index (κ3) is 4.71. The molecule has 0 fully saturated rings. The molecular weight excluding hydrogens is 268 g/mol. The van der Waals surface area contributed by atoms with Crippen LogP contribution in [0.5, 0.6) is 0 Å². The lowest BCUT2D eigenvalue weighted by atomic mass is 10.0. The second-order valence-electron chi connectivity index (χ2n) is 4.89. The predicted octanol–water partition coefficient (Wildman–Crippen LogP) is 3.10. The van der Waals surface area contributed by atoms with Crippen LogP contribution in [0.3, 0.4) is 0 Å². The van der Waals surface area contributed by atoms with Gasteiger partial charge in [-0.3, -0.25) is 0 Å². The van der Waals surface area contributed by atoms with Crippen LogP contribution < -0.4 is 5.32 Å². The summed E-state index contributed by atoms with van der Waals surface area (Å²) in [5.41, 5.74) is 2.43. The zero-order valence-corrected chi connectivity index (χ0v) is 12.7. The van der Waals surface area contributed by atoms with Crippen molar-refractivity contribution < 1.29 is 5.11 Å². The van der Waals surface area contributed by atoms with Gasteiger partial charge in [-0.25, -0.2) is 4.98 Å². The van der Waals surface area contributed by atoms with E-state index in [0.717, 1.165) is 30.8 Å². The van der Waals surface area contributed by atoms with E-state index in [1.165, 1.54) is 11.3 Å². The van der Waals surface area contributed by atoms with Crippen molar-refractivity contribution in [2.24, 2.45) is 0 Å². The lowest BCUT2D eigenvalue weighted by Crippen LogP contribution is -2.23. The summed E-state index contributed by atoms with van der Waals surface area (Å²) in [5.74, 6) is 0. The molecule has 1 aromatic carbocycles. The maximum absolute atomic E-state index is 9.19. The Bertz CT molecular complexity index is 498. The molecule has 2 rings (SSSR count). The molecule has 1 unspecified atom stereocenters. The van der Waals surface area contributed by atoms with Crippen molar-refractivity contribution in [2.45, 2.75) is 32.2 Å². The number of aliphatic hydroxyl groups excluding tert-OH is 1. The molecule has 0 saturated heterocycles. The first-order valence-corrected chi connectivity index (χ1v) is 7.97. The molecule has 2 N–H and O–H groups in total. The van der Waals surface area contributed by atoms with Crippen LogP contribution in [0.25, 0.3) is 0 Å². The summed E-state index contributed by atoms with van der Waals surface area (Å²) in [7, 11) is 0. The third-order valence-corrected chi connectivity index (χ3v) is 4.11. The second kappa shape index (κ2) is 8.15. The molecule has 0 radical (unpaired) electrons. The van der Waals surface area contributed by atoms with Gasteiger partial charge in [0.25, 0.3) is 0 Å². The van der Waals surface area contributed by atoms with Gasteiger partial charge in [-0.15, -0.1) is 11.3 Å². The highest BCUT2D eigenvalue weighted by atomic mass is 32.1. The summed E-state index contributed by atoms with van der Waals surface area (Å²) < 4.78 is 0. The predicted molar refractivity (Wildman–Crippen MR) is 84.1 cm³/mol. The molecule has 108 valence electrons. The summed E-state index contributed by atoms with van der Waals surface area (Å²) >= 11 is 1.71. The highest BCUT2D eigenvalue weighted by Gasteiger charge is 2.09. The molecule has 0 aliphatic carbocycles. The number of hydrogen-bond acceptors (Lipinski definition) is 4. The Hall–Kier alpha value is -1.23. The largest absolute Gasteiger partial charge is 0.396 e. The summed E-state index contributed by atoms with van der Waals surface area (Å²) in [4.78, 5) is 4.47. The van der Waals surface area contributed by atoms with Crippen molar-refractivity contribution in [2.75, 3.05) is 13.2 Å². The van der Waals surface area contributed by atoms with E-state index < -0.39 is 0 Å². The van der Waals surface area contributed by atoms with Gasteiger partial charge in [-0.05, 0) is 38.3 Å². The molecule has 0 bridgehead atoms. The molecule has 0 aliphatic rings. The number of nitrogens with one attached hydrogen (secondary N) is 1. The van der Waals surface area contributed by atoms with E-state index in [1.54, 1.807) is 11.3 Å². The molecule has 3 nitrogen and oxygen atoms in total. The average molecular weight is 290 g/mol. The number of aliphatic hydroxyl groups is 1. The van der Waals surface area contributed by atoms with Crippen molar-refractivity contribution in [3.05, 3.63) is 52.0 Å². The van der Waals surface area contributed by atoms with Crippen molar-refractivity contribution in [1.82, 2.24) is 10.3 Å². The monoisotopic (exact) mass is 290 g/mol. The second-order valence-corrected chi connectivity index (χ2v) is 5.95. The maximum Gasteiger partial charge on any atom is 0.0897 e. The topological polar surface area (TPSA) is 45.2 Å². The Labute approximate surface area is 124 Å². The minimum absolute atomic E-state index is 0.206. The Morgan fingerprint density at radius 3 is 2.75 bits per heavy atom. The lowest BCUT2D eigenvalue weighted by molar-refractivity contribution is 0.265. The number of aryl methyl sites for hydroxylation is 2. The minimum atomic E-state index is 0.206. The molecular formula is C16H22N2OS. The van der Waals surface area contributed by atoms with Crippen molar-refractivity contribution >= 4 is 11.3 Å². The maximum atomic E-state index is 9.19. The van der Waals surface area contributed by atoms with Crippen LogP contribution in [-0.2, 0) is 6.42 Å². The molecule has 4 heteroatoms. The number of thiazole rings is 1. The number of nitrogens with zero attached hydrogens (tertiary/aromatic N) is 1. The van der Waals surface area contributed by atoms with E-state index in [0.29, 0.717) is 0 Å². The van der Waals surface area contributed by atoms with E-state index in [9.17, 15) is 5.11 Å². The SMILES string of the molecule is Cc1nc(CCCNC(CCO)c2ccccc2)cs1. The molecule has 1 heterocycles. The fourth-order valence-corrected chi connectivity index (χ4v) is 2.92. The van der Waals surface area contributed by atoms with Crippen molar-refractivity contribution in [3.63, 3.8) is 0 Å². The fourth-order valence-electron chi connectivity index (χ4n) is 2.27. The van der Waals surface area contributed by atoms with Crippen LogP contribution >= 0.6 is 11.3 Å². The van der Waals surface area contributed by atoms with Crippen LogP contribution in [-0.4, -0.2) is 23.2 Å². The van der Waals surface area contributed by atoms with Crippen LogP contribution in [0.4, 0.5) is 0 Å². The average Bonchev–Trinajstić information content (AvgIpc) is 2.89. The van der Waals surface area contributed by atoms with E-state index >= 15 is 0 Å². The Morgan fingerprint density at radius 1 is 1.30 bits per heavy atom. The summed E-state index contributed by atoms with van der Waals surface area (Å²) in [6.45, 7) is 3.19. The first-order chi connectivity index (χ1) is 9.79. The van der Waals surface area contributed by atoms with Gasteiger partial charge in [0.15, 0.2) is 0 Å². The van der Waals surface area contributed by atoms with Crippen molar-refractivity contribution in [1.29, 1.82) is 0 Å². The molecule has 2 aromatic rings. The van der Waals surface area contributed by atoms with Crippen molar-refractivity contribution in [3.8, 4) is 0 Å². The Morgan fingerprint density at radius 2 is 2.10 bits per heavy atom. The minimum Gasteiger partial charge on any atom is -0.396 e. The van der Waals surface area contributed by atoms with E-state index in [-0.39, 0.29) is 12.6 Å². The Kier molecular flexibility index (Phi) is 6.18. The number of rotatable bonds is 8. The molecule has 0 saturated carbocycles. The number of benzene rings is 1. The van der Waals surface area contributed by atoms with Gasteiger partial charge < -0.3 is 10.4 Å². The van der Waals surface area contributed by atoms with Gasteiger partial charge in [0, 0.05) is 18.0 Å².